The molecule has 1 aromatic carbocycles. The van der Waals surface area contributed by atoms with Crippen LogP contribution < -0.4 is 10.1 Å². The summed E-state index contributed by atoms with van der Waals surface area (Å²) < 4.78 is 5.51. The molecule has 17 heavy (non-hydrogen) atoms. The highest BCUT2D eigenvalue weighted by Crippen LogP contribution is 2.15. The first-order valence-electron chi connectivity index (χ1n) is 5.55. The monoisotopic (exact) mass is 231 g/mol. The van der Waals surface area contributed by atoms with E-state index in [1.54, 1.807) is 0 Å². The van der Waals surface area contributed by atoms with E-state index in [0.29, 0.717) is 5.75 Å². The van der Waals surface area contributed by atoms with Crippen molar-refractivity contribution in [3.63, 3.8) is 0 Å². The van der Waals surface area contributed by atoms with Gasteiger partial charge in [0.1, 0.15) is 5.75 Å². The van der Waals surface area contributed by atoms with E-state index in [9.17, 15) is 0 Å². The first-order valence-corrected chi connectivity index (χ1v) is 5.55. The highest BCUT2D eigenvalue weighted by molar-refractivity contribution is 5.78. The van der Waals surface area contributed by atoms with E-state index in [1.165, 1.54) is 0 Å². The second-order valence-corrected chi connectivity index (χ2v) is 4.23. The second-order valence-electron chi connectivity index (χ2n) is 4.23. The highest BCUT2D eigenvalue weighted by Gasteiger charge is 2.15. The van der Waals surface area contributed by atoms with Gasteiger partial charge in [-0.2, -0.15) is 5.26 Å². The van der Waals surface area contributed by atoms with Gasteiger partial charge in [0.15, 0.2) is 6.19 Å². The molecule has 0 aliphatic carbocycles. The Morgan fingerprint density at radius 2 is 2.06 bits per heavy atom. The molecule has 0 aliphatic heterocycles. The largest absolute Gasteiger partial charge is 0.425 e. The van der Waals surface area contributed by atoms with Gasteiger partial charge in [0.25, 0.3) is 0 Å². The average Bonchev–Trinajstić information content (AvgIpc) is 2.30. The standard InChI is InChI=1S/C13H17N3O/c1-4-13(2,3)16-12(15-10-14)17-11-8-6-5-7-9-11/h5-9H,4H2,1-3H3,(H,15,16). The first kappa shape index (κ1) is 13.0. The zero-order valence-corrected chi connectivity index (χ0v) is 10.4. The van der Waals surface area contributed by atoms with Crippen molar-refractivity contribution in [3.05, 3.63) is 30.3 Å². The quantitative estimate of drug-likeness (QED) is 0.376. The van der Waals surface area contributed by atoms with Gasteiger partial charge < -0.3 is 4.74 Å². The SMILES string of the molecule is CCC(C)(C)N=C(NC#N)Oc1ccccc1. The van der Waals surface area contributed by atoms with Gasteiger partial charge in [-0.25, -0.2) is 10.3 Å². The zero-order chi connectivity index (χ0) is 12.7. The van der Waals surface area contributed by atoms with Gasteiger partial charge in [-0.1, -0.05) is 25.1 Å². The molecule has 0 aliphatic rings. The molecule has 0 saturated heterocycles. The predicted octanol–water partition coefficient (Wildman–Crippen LogP) is 2.68. The minimum atomic E-state index is -0.256. The number of hydrogen-bond acceptors (Lipinski definition) is 3. The minimum Gasteiger partial charge on any atom is -0.425 e. The molecule has 1 rings (SSSR count). The maximum Gasteiger partial charge on any atom is 0.304 e. The van der Waals surface area contributed by atoms with Crippen molar-refractivity contribution >= 4 is 6.02 Å². The molecule has 0 fully saturated rings. The van der Waals surface area contributed by atoms with Crippen molar-refractivity contribution in [2.45, 2.75) is 32.7 Å². The molecule has 1 N–H and O–H groups in total. The fourth-order valence-electron chi connectivity index (χ4n) is 1.08. The van der Waals surface area contributed by atoms with E-state index >= 15 is 0 Å². The molecule has 0 heterocycles. The van der Waals surface area contributed by atoms with Crippen molar-refractivity contribution in [2.75, 3.05) is 0 Å². The Morgan fingerprint density at radius 3 is 2.59 bits per heavy atom. The van der Waals surface area contributed by atoms with Crippen LogP contribution >= 0.6 is 0 Å². The number of nitrogens with one attached hydrogen (secondary N) is 1. The normalized spacial score (nSPS) is 11.8. The van der Waals surface area contributed by atoms with Crippen LogP contribution in [0, 0.1) is 11.5 Å². The lowest BCUT2D eigenvalue weighted by Crippen LogP contribution is -2.29. The number of rotatable bonds is 3. The van der Waals surface area contributed by atoms with Gasteiger partial charge >= 0.3 is 6.02 Å². The van der Waals surface area contributed by atoms with Crippen molar-refractivity contribution in [3.8, 4) is 11.9 Å². The number of ether oxygens (including phenoxy) is 1. The molecule has 0 aromatic heterocycles. The number of aliphatic imine (C=N–C) groups is 1. The van der Waals surface area contributed by atoms with E-state index in [-0.39, 0.29) is 11.6 Å². The molecule has 90 valence electrons. The third-order valence-corrected chi connectivity index (χ3v) is 2.39. The molecule has 0 spiro atoms. The topological polar surface area (TPSA) is 57.4 Å². The van der Waals surface area contributed by atoms with E-state index < -0.39 is 0 Å². The van der Waals surface area contributed by atoms with Crippen LogP contribution in [0.15, 0.2) is 35.3 Å². The van der Waals surface area contributed by atoms with Crippen LogP contribution in [0.1, 0.15) is 27.2 Å². The van der Waals surface area contributed by atoms with Crippen LogP contribution in [0.25, 0.3) is 0 Å². The second kappa shape index (κ2) is 5.90. The Labute approximate surface area is 102 Å². The van der Waals surface area contributed by atoms with Crippen molar-refractivity contribution in [1.29, 1.82) is 5.26 Å². The minimum absolute atomic E-state index is 0.227. The molecule has 0 unspecified atom stereocenters. The van der Waals surface area contributed by atoms with Gasteiger partial charge in [0.2, 0.25) is 0 Å². The van der Waals surface area contributed by atoms with Crippen molar-refractivity contribution < 1.29 is 4.74 Å². The predicted molar refractivity (Wildman–Crippen MR) is 67.6 cm³/mol. The zero-order valence-electron chi connectivity index (χ0n) is 10.4. The average molecular weight is 231 g/mol. The summed E-state index contributed by atoms with van der Waals surface area (Å²) in [7, 11) is 0. The van der Waals surface area contributed by atoms with Crippen LogP contribution in [-0.2, 0) is 0 Å². The molecule has 0 amide bonds. The molecule has 1 aromatic rings. The third-order valence-electron chi connectivity index (χ3n) is 2.39. The molecule has 4 heteroatoms. The Balaban J connectivity index is 2.85. The fourth-order valence-corrected chi connectivity index (χ4v) is 1.08. The van der Waals surface area contributed by atoms with Gasteiger partial charge in [-0.3, -0.25) is 0 Å². The molecular weight excluding hydrogens is 214 g/mol. The van der Waals surface area contributed by atoms with E-state index in [0.717, 1.165) is 6.42 Å². The molecular formula is C13H17N3O. The summed E-state index contributed by atoms with van der Waals surface area (Å²) in [5, 5.41) is 11.1. The summed E-state index contributed by atoms with van der Waals surface area (Å²) in [5.74, 6) is 0.654. The Hall–Kier alpha value is -2.02. The summed E-state index contributed by atoms with van der Waals surface area (Å²) in [4.78, 5) is 4.37. The fraction of sp³-hybridized carbons (Fsp3) is 0.385. The summed E-state index contributed by atoms with van der Waals surface area (Å²) in [6.45, 7) is 6.01. The Bertz CT molecular complexity index is 418. The lowest BCUT2D eigenvalue weighted by molar-refractivity contribution is 0.461. The van der Waals surface area contributed by atoms with Crippen molar-refractivity contribution in [1.82, 2.24) is 5.32 Å². The lowest BCUT2D eigenvalue weighted by Gasteiger charge is -2.18. The number of benzene rings is 1. The van der Waals surface area contributed by atoms with Gasteiger partial charge in [-0.05, 0) is 32.4 Å². The summed E-state index contributed by atoms with van der Waals surface area (Å²) in [5.41, 5.74) is -0.256. The van der Waals surface area contributed by atoms with Crippen LogP contribution in [0.4, 0.5) is 0 Å². The van der Waals surface area contributed by atoms with E-state index in [1.807, 2.05) is 57.3 Å². The Morgan fingerprint density at radius 1 is 1.41 bits per heavy atom. The molecule has 4 nitrogen and oxygen atoms in total. The lowest BCUT2D eigenvalue weighted by atomic mass is 10.0. The van der Waals surface area contributed by atoms with Crippen LogP contribution in [-0.4, -0.2) is 11.6 Å². The maximum absolute atomic E-state index is 8.66. The number of para-hydroxylation sites is 1. The van der Waals surface area contributed by atoms with Crippen LogP contribution in [0.2, 0.25) is 0 Å². The third kappa shape index (κ3) is 4.56. The highest BCUT2D eigenvalue weighted by atomic mass is 16.5. The summed E-state index contributed by atoms with van der Waals surface area (Å²) in [6, 6.07) is 9.48. The first-order chi connectivity index (χ1) is 8.07. The smallest absolute Gasteiger partial charge is 0.304 e. The molecule has 0 radical (unpaired) electrons. The summed E-state index contributed by atoms with van der Waals surface area (Å²) >= 11 is 0. The van der Waals surface area contributed by atoms with E-state index in [2.05, 4.69) is 10.3 Å². The van der Waals surface area contributed by atoms with Gasteiger partial charge in [0, 0.05) is 0 Å². The molecule has 0 saturated carbocycles. The van der Waals surface area contributed by atoms with Crippen molar-refractivity contribution in [2.24, 2.45) is 4.99 Å². The number of amidine groups is 1. The molecule has 0 bridgehead atoms. The summed E-state index contributed by atoms with van der Waals surface area (Å²) in [6.07, 6.45) is 2.69. The molecule has 0 atom stereocenters. The number of hydrogen-bond donors (Lipinski definition) is 1. The Kier molecular flexibility index (Phi) is 4.53. The van der Waals surface area contributed by atoms with Crippen LogP contribution in [0.5, 0.6) is 5.75 Å². The number of nitrogens with zero attached hydrogens (tertiary/aromatic N) is 2. The number of nitriles is 1. The van der Waals surface area contributed by atoms with Gasteiger partial charge in [0.05, 0.1) is 5.54 Å². The van der Waals surface area contributed by atoms with E-state index in [4.69, 9.17) is 10.00 Å². The maximum atomic E-state index is 8.66. The van der Waals surface area contributed by atoms with Gasteiger partial charge in [-0.15, -0.1) is 0 Å². The van der Waals surface area contributed by atoms with Crippen LogP contribution in [0.3, 0.4) is 0 Å².